The molecule has 7 nitrogen and oxygen atoms in total. The van der Waals surface area contributed by atoms with E-state index in [1.165, 1.54) is 4.57 Å². The number of aromatic nitrogens is 2. The van der Waals surface area contributed by atoms with Crippen LogP contribution in [0, 0.1) is 0 Å². The fourth-order valence-corrected chi connectivity index (χ4v) is 4.08. The van der Waals surface area contributed by atoms with E-state index in [1.54, 1.807) is 6.07 Å². The van der Waals surface area contributed by atoms with Crippen LogP contribution in [-0.2, 0) is 24.2 Å². The van der Waals surface area contributed by atoms with Gasteiger partial charge in [-0.25, -0.2) is 4.79 Å². The monoisotopic (exact) mass is 405 g/mol. The molecular weight excluding hydrogens is 382 g/mol. The van der Waals surface area contributed by atoms with Crippen LogP contribution in [0.3, 0.4) is 0 Å². The van der Waals surface area contributed by atoms with Gasteiger partial charge in [-0.15, -0.1) is 0 Å². The number of Topliss-reactive ketones (excluding diaryl/α,β-unsaturated/α-hetero) is 1. The van der Waals surface area contributed by atoms with Gasteiger partial charge in [-0.3, -0.25) is 23.9 Å². The van der Waals surface area contributed by atoms with Crippen molar-refractivity contribution >= 4 is 22.5 Å². The Hall–Kier alpha value is -3.48. The number of benzene rings is 2. The Balaban J connectivity index is 1.41. The molecule has 1 heterocycles. The quantitative estimate of drug-likeness (QED) is 0.612. The van der Waals surface area contributed by atoms with Crippen LogP contribution in [0.5, 0.6) is 0 Å². The van der Waals surface area contributed by atoms with E-state index >= 15 is 0 Å². The minimum atomic E-state index is -0.486. The molecule has 0 atom stereocenters. The maximum absolute atomic E-state index is 12.6. The van der Waals surface area contributed by atoms with Crippen LogP contribution in [-0.4, -0.2) is 27.8 Å². The number of rotatable bonds is 6. The van der Waals surface area contributed by atoms with Gasteiger partial charge in [0.2, 0.25) is 5.91 Å². The van der Waals surface area contributed by atoms with E-state index in [9.17, 15) is 19.2 Å². The van der Waals surface area contributed by atoms with Crippen molar-refractivity contribution in [1.82, 2.24) is 14.9 Å². The van der Waals surface area contributed by atoms with Crippen LogP contribution in [0.25, 0.3) is 10.8 Å². The fourth-order valence-electron chi connectivity index (χ4n) is 4.08. The van der Waals surface area contributed by atoms with E-state index in [2.05, 4.69) is 10.3 Å². The molecule has 2 aromatic carbocycles. The van der Waals surface area contributed by atoms with E-state index in [0.717, 1.165) is 29.3 Å². The first-order valence-electron chi connectivity index (χ1n) is 10.2. The molecule has 0 spiro atoms. The number of ketones is 1. The van der Waals surface area contributed by atoms with E-state index in [0.29, 0.717) is 24.0 Å². The lowest BCUT2D eigenvalue weighted by molar-refractivity contribution is -0.121. The van der Waals surface area contributed by atoms with Crippen LogP contribution < -0.4 is 16.6 Å². The second-order valence-electron chi connectivity index (χ2n) is 7.52. The van der Waals surface area contributed by atoms with Crippen LogP contribution in [0.4, 0.5) is 0 Å². The smallest absolute Gasteiger partial charge is 0.328 e. The predicted octanol–water partition coefficient (Wildman–Crippen LogP) is 1.96. The molecule has 0 saturated heterocycles. The molecule has 4 rings (SSSR count). The Morgan fingerprint density at radius 2 is 1.77 bits per heavy atom. The lowest BCUT2D eigenvalue weighted by Gasteiger charge is -2.19. The zero-order valence-corrected chi connectivity index (χ0v) is 16.6. The third kappa shape index (κ3) is 3.96. The highest BCUT2D eigenvalue weighted by atomic mass is 16.2. The Morgan fingerprint density at radius 1 is 1.00 bits per heavy atom. The topological polar surface area (TPSA) is 101 Å². The minimum absolute atomic E-state index is 0.0568. The molecule has 1 aliphatic carbocycles. The third-order valence-electron chi connectivity index (χ3n) is 5.60. The summed E-state index contributed by atoms with van der Waals surface area (Å²) in [7, 11) is 0. The SMILES string of the molecule is O=C(CCn1c2c(c(=O)[nH]c1=O)CCCC2)NCC(=O)c1cccc2ccccc12. The van der Waals surface area contributed by atoms with Crippen molar-refractivity contribution in [2.75, 3.05) is 6.54 Å². The van der Waals surface area contributed by atoms with Gasteiger partial charge in [0.15, 0.2) is 5.78 Å². The lowest BCUT2D eigenvalue weighted by atomic mass is 9.97. The molecule has 0 fully saturated rings. The van der Waals surface area contributed by atoms with Gasteiger partial charge in [-0.2, -0.15) is 0 Å². The van der Waals surface area contributed by atoms with Crippen LogP contribution in [0.2, 0.25) is 0 Å². The van der Waals surface area contributed by atoms with E-state index in [-0.39, 0.29) is 36.8 Å². The van der Waals surface area contributed by atoms with Crippen molar-refractivity contribution in [2.24, 2.45) is 0 Å². The average molecular weight is 405 g/mol. The zero-order valence-electron chi connectivity index (χ0n) is 16.6. The molecule has 1 aromatic heterocycles. The second-order valence-corrected chi connectivity index (χ2v) is 7.52. The summed E-state index contributed by atoms with van der Waals surface area (Å²) in [6.45, 7) is 0.0672. The molecule has 0 unspecified atom stereocenters. The first kappa shape index (κ1) is 19.8. The molecule has 0 radical (unpaired) electrons. The van der Waals surface area contributed by atoms with Gasteiger partial charge in [-0.1, -0.05) is 42.5 Å². The first-order chi connectivity index (χ1) is 14.5. The number of nitrogens with one attached hydrogen (secondary N) is 2. The molecule has 30 heavy (non-hydrogen) atoms. The highest BCUT2D eigenvalue weighted by Crippen LogP contribution is 2.19. The molecule has 0 saturated carbocycles. The van der Waals surface area contributed by atoms with Gasteiger partial charge in [0.25, 0.3) is 5.56 Å². The standard InChI is InChI=1S/C23H23N3O4/c27-20(17-10-5-7-15-6-1-2-8-16(15)17)14-24-21(28)12-13-26-19-11-4-3-9-18(19)22(29)25-23(26)30/h1-2,5-8,10H,3-4,9,11-14H2,(H,24,28)(H,25,29,30). The van der Waals surface area contributed by atoms with Crippen LogP contribution >= 0.6 is 0 Å². The number of amides is 1. The molecule has 1 amide bonds. The number of carbonyl (C=O) groups excluding carboxylic acids is 2. The van der Waals surface area contributed by atoms with Crippen molar-refractivity contribution in [1.29, 1.82) is 0 Å². The predicted molar refractivity (Wildman–Crippen MR) is 114 cm³/mol. The van der Waals surface area contributed by atoms with Gasteiger partial charge in [0.1, 0.15) is 0 Å². The first-order valence-corrected chi connectivity index (χ1v) is 10.2. The van der Waals surface area contributed by atoms with Crippen molar-refractivity contribution in [3.05, 3.63) is 80.1 Å². The average Bonchev–Trinajstić information content (AvgIpc) is 2.77. The summed E-state index contributed by atoms with van der Waals surface area (Å²) in [5.41, 5.74) is 1.14. The Labute approximate surface area is 172 Å². The van der Waals surface area contributed by atoms with Crippen molar-refractivity contribution < 1.29 is 9.59 Å². The van der Waals surface area contributed by atoms with Crippen molar-refractivity contribution in [3.63, 3.8) is 0 Å². The second kappa shape index (κ2) is 8.49. The summed E-state index contributed by atoms with van der Waals surface area (Å²) in [6.07, 6.45) is 3.21. The molecule has 3 aromatic rings. The number of fused-ring (bicyclic) bond motifs is 2. The maximum atomic E-state index is 12.6. The van der Waals surface area contributed by atoms with Gasteiger partial charge in [0.05, 0.1) is 6.54 Å². The van der Waals surface area contributed by atoms with Crippen LogP contribution in [0.15, 0.2) is 52.1 Å². The Morgan fingerprint density at radius 3 is 2.63 bits per heavy atom. The number of aromatic amines is 1. The maximum Gasteiger partial charge on any atom is 0.328 e. The summed E-state index contributed by atoms with van der Waals surface area (Å²) < 4.78 is 1.49. The molecule has 7 heteroatoms. The molecular formula is C23H23N3O4. The van der Waals surface area contributed by atoms with Crippen molar-refractivity contribution in [3.8, 4) is 0 Å². The van der Waals surface area contributed by atoms with Crippen molar-refractivity contribution in [2.45, 2.75) is 38.6 Å². The number of hydrogen-bond acceptors (Lipinski definition) is 4. The number of H-pyrrole nitrogens is 1. The molecule has 2 N–H and O–H groups in total. The van der Waals surface area contributed by atoms with E-state index in [4.69, 9.17) is 0 Å². The summed E-state index contributed by atoms with van der Waals surface area (Å²) >= 11 is 0. The summed E-state index contributed by atoms with van der Waals surface area (Å²) in [5.74, 6) is -0.481. The minimum Gasteiger partial charge on any atom is -0.349 e. The summed E-state index contributed by atoms with van der Waals surface area (Å²) in [5, 5.41) is 4.47. The number of nitrogens with zero attached hydrogens (tertiary/aromatic N) is 1. The van der Waals surface area contributed by atoms with Crippen LogP contribution in [0.1, 0.15) is 40.9 Å². The summed E-state index contributed by atoms with van der Waals surface area (Å²) in [6, 6.07) is 13.1. The van der Waals surface area contributed by atoms with Gasteiger partial charge in [-0.05, 0) is 36.5 Å². The molecule has 0 aliphatic heterocycles. The van der Waals surface area contributed by atoms with Gasteiger partial charge < -0.3 is 5.32 Å². The lowest BCUT2D eigenvalue weighted by Crippen LogP contribution is -2.38. The largest absolute Gasteiger partial charge is 0.349 e. The molecule has 0 bridgehead atoms. The zero-order chi connectivity index (χ0) is 21.1. The fraction of sp³-hybridized carbons (Fsp3) is 0.304. The normalized spacial score (nSPS) is 13.1. The Kier molecular flexibility index (Phi) is 5.61. The van der Waals surface area contributed by atoms with Gasteiger partial charge in [0, 0.05) is 29.8 Å². The number of carbonyl (C=O) groups is 2. The number of hydrogen-bond donors (Lipinski definition) is 2. The molecule has 154 valence electrons. The summed E-state index contributed by atoms with van der Waals surface area (Å²) in [4.78, 5) is 51.5. The third-order valence-corrected chi connectivity index (χ3v) is 5.60. The highest BCUT2D eigenvalue weighted by molar-refractivity contribution is 6.09. The van der Waals surface area contributed by atoms with E-state index in [1.807, 2.05) is 36.4 Å². The molecule has 1 aliphatic rings. The highest BCUT2D eigenvalue weighted by Gasteiger charge is 2.19. The van der Waals surface area contributed by atoms with Gasteiger partial charge >= 0.3 is 5.69 Å². The van der Waals surface area contributed by atoms with E-state index < -0.39 is 5.69 Å². The Bertz CT molecular complexity index is 1230.